The molecular formula is C16H22N8OS. The van der Waals surface area contributed by atoms with Crippen molar-refractivity contribution >= 4 is 34.0 Å². The number of hydrogen-bond acceptors (Lipinski definition) is 9. The molecule has 1 aliphatic heterocycles. The molecule has 2 aromatic rings. The summed E-state index contributed by atoms with van der Waals surface area (Å²) >= 11 is 1.32. The van der Waals surface area contributed by atoms with E-state index in [-0.39, 0.29) is 5.91 Å². The van der Waals surface area contributed by atoms with Crippen molar-refractivity contribution in [3.63, 3.8) is 0 Å². The SMILES string of the molecule is O=C(CN1CCN(c2cc(NCC3CC3)ncn2)CC1)Nc1nncs1. The van der Waals surface area contributed by atoms with Gasteiger partial charge < -0.3 is 10.2 Å². The lowest BCUT2D eigenvalue weighted by Gasteiger charge is -2.34. The number of piperazine rings is 1. The van der Waals surface area contributed by atoms with Gasteiger partial charge in [-0.15, -0.1) is 10.2 Å². The number of aromatic nitrogens is 4. The van der Waals surface area contributed by atoms with Crippen LogP contribution in [0.15, 0.2) is 17.9 Å². The highest BCUT2D eigenvalue weighted by molar-refractivity contribution is 7.13. The molecule has 3 heterocycles. The molecular weight excluding hydrogens is 352 g/mol. The highest BCUT2D eigenvalue weighted by atomic mass is 32.1. The molecule has 0 atom stereocenters. The van der Waals surface area contributed by atoms with Gasteiger partial charge in [-0.3, -0.25) is 15.0 Å². The van der Waals surface area contributed by atoms with E-state index in [0.29, 0.717) is 11.7 Å². The molecule has 0 bridgehead atoms. The topological polar surface area (TPSA) is 99.2 Å². The molecule has 2 aromatic heterocycles. The quantitative estimate of drug-likeness (QED) is 0.738. The van der Waals surface area contributed by atoms with E-state index >= 15 is 0 Å². The van der Waals surface area contributed by atoms with E-state index in [9.17, 15) is 4.79 Å². The number of nitrogens with zero attached hydrogens (tertiary/aromatic N) is 6. The molecule has 1 amide bonds. The minimum atomic E-state index is -0.0520. The zero-order valence-corrected chi connectivity index (χ0v) is 15.3. The first kappa shape index (κ1) is 17.1. The van der Waals surface area contributed by atoms with E-state index in [1.54, 1.807) is 11.8 Å². The van der Waals surface area contributed by atoms with Crippen LogP contribution in [-0.2, 0) is 4.79 Å². The molecule has 2 aliphatic rings. The molecule has 10 heteroatoms. The van der Waals surface area contributed by atoms with Crippen LogP contribution < -0.4 is 15.5 Å². The van der Waals surface area contributed by atoms with Gasteiger partial charge in [-0.2, -0.15) is 0 Å². The Morgan fingerprint density at radius 2 is 2.08 bits per heavy atom. The Bertz CT molecular complexity index is 728. The Morgan fingerprint density at radius 3 is 2.81 bits per heavy atom. The zero-order chi connectivity index (χ0) is 17.8. The molecule has 1 saturated heterocycles. The third-order valence-corrected chi connectivity index (χ3v) is 5.20. The van der Waals surface area contributed by atoms with E-state index in [1.807, 2.05) is 6.07 Å². The predicted octanol–water partition coefficient (Wildman–Crippen LogP) is 0.911. The first-order chi connectivity index (χ1) is 12.8. The maximum atomic E-state index is 12.1. The van der Waals surface area contributed by atoms with Crippen LogP contribution in [0.2, 0.25) is 0 Å². The Morgan fingerprint density at radius 1 is 1.23 bits per heavy atom. The van der Waals surface area contributed by atoms with Crippen molar-refractivity contribution in [1.82, 2.24) is 25.1 Å². The summed E-state index contributed by atoms with van der Waals surface area (Å²) in [5.74, 6) is 2.59. The van der Waals surface area contributed by atoms with Crippen LogP contribution in [0.1, 0.15) is 12.8 Å². The number of carbonyl (C=O) groups excluding carboxylic acids is 1. The molecule has 0 unspecified atom stereocenters. The van der Waals surface area contributed by atoms with Gasteiger partial charge in [-0.25, -0.2) is 9.97 Å². The van der Waals surface area contributed by atoms with E-state index in [2.05, 4.69) is 40.6 Å². The Labute approximate surface area is 155 Å². The summed E-state index contributed by atoms with van der Waals surface area (Å²) in [6.07, 6.45) is 4.26. The standard InChI is InChI=1S/C16H22N8OS/c25-15(21-16-22-20-11-26-16)9-23-3-5-24(6-4-23)14-7-13(18-10-19-14)17-8-12-1-2-12/h7,10-12H,1-6,8-9H2,(H,17,18,19)(H,21,22,25). The molecule has 1 saturated carbocycles. The van der Waals surface area contributed by atoms with Crippen molar-refractivity contribution in [3.8, 4) is 0 Å². The predicted molar refractivity (Wildman–Crippen MR) is 100 cm³/mol. The summed E-state index contributed by atoms with van der Waals surface area (Å²) in [6, 6.07) is 2.01. The summed E-state index contributed by atoms with van der Waals surface area (Å²) in [4.78, 5) is 25.1. The first-order valence-electron chi connectivity index (χ1n) is 8.85. The number of rotatable bonds is 7. The number of nitrogens with one attached hydrogen (secondary N) is 2. The van der Waals surface area contributed by atoms with Gasteiger partial charge in [0.1, 0.15) is 23.5 Å². The third kappa shape index (κ3) is 4.64. The largest absolute Gasteiger partial charge is 0.370 e. The Kier molecular flexibility index (Phi) is 5.21. The van der Waals surface area contributed by atoms with Crippen molar-refractivity contribution < 1.29 is 4.79 Å². The second kappa shape index (κ2) is 7.92. The summed E-state index contributed by atoms with van der Waals surface area (Å²) in [6.45, 7) is 4.67. The summed E-state index contributed by atoms with van der Waals surface area (Å²) in [7, 11) is 0. The van der Waals surface area contributed by atoms with Crippen LogP contribution in [0, 0.1) is 5.92 Å². The molecule has 1 aliphatic carbocycles. The lowest BCUT2D eigenvalue weighted by molar-refractivity contribution is -0.117. The van der Waals surface area contributed by atoms with Crippen LogP contribution in [0.3, 0.4) is 0 Å². The van der Waals surface area contributed by atoms with Gasteiger partial charge in [0.2, 0.25) is 11.0 Å². The number of amides is 1. The normalized spacial score (nSPS) is 17.9. The fraction of sp³-hybridized carbons (Fsp3) is 0.562. The lowest BCUT2D eigenvalue weighted by atomic mass is 10.3. The van der Waals surface area contributed by atoms with Crippen molar-refractivity contribution in [1.29, 1.82) is 0 Å². The van der Waals surface area contributed by atoms with Crippen LogP contribution >= 0.6 is 11.3 Å². The smallest absolute Gasteiger partial charge is 0.240 e. The summed E-state index contributed by atoms with van der Waals surface area (Å²) in [5, 5.41) is 14.2. The minimum absolute atomic E-state index is 0.0520. The fourth-order valence-electron chi connectivity index (χ4n) is 2.91. The molecule has 0 radical (unpaired) electrons. The Hall–Kier alpha value is -2.33. The second-order valence-electron chi connectivity index (χ2n) is 6.64. The number of anilines is 3. The van der Waals surface area contributed by atoms with Gasteiger partial charge in [0.15, 0.2) is 0 Å². The molecule has 26 heavy (non-hydrogen) atoms. The van der Waals surface area contributed by atoms with Gasteiger partial charge in [-0.05, 0) is 18.8 Å². The van der Waals surface area contributed by atoms with E-state index in [0.717, 1.165) is 50.3 Å². The van der Waals surface area contributed by atoms with Crippen molar-refractivity contribution in [2.75, 3.05) is 54.8 Å². The molecule has 9 nitrogen and oxygen atoms in total. The van der Waals surface area contributed by atoms with E-state index < -0.39 is 0 Å². The van der Waals surface area contributed by atoms with Gasteiger partial charge in [-0.1, -0.05) is 11.3 Å². The Balaban J connectivity index is 1.25. The monoisotopic (exact) mass is 374 g/mol. The van der Waals surface area contributed by atoms with Crippen molar-refractivity contribution in [3.05, 3.63) is 17.9 Å². The third-order valence-electron chi connectivity index (χ3n) is 4.59. The first-order valence-corrected chi connectivity index (χ1v) is 9.73. The summed E-state index contributed by atoms with van der Waals surface area (Å²) < 4.78 is 0. The highest BCUT2D eigenvalue weighted by Crippen LogP contribution is 2.29. The molecule has 138 valence electrons. The van der Waals surface area contributed by atoms with E-state index in [1.165, 1.54) is 24.2 Å². The molecule has 2 fully saturated rings. The molecule has 0 spiro atoms. The van der Waals surface area contributed by atoms with Crippen molar-refractivity contribution in [2.24, 2.45) is 5.92 Å². The van der Waals surface area contributed by atoms with Crippen LogP contribution in [0.5, 0.6) is 0 Å². The molecule has 0 aromatic carbocycles. The van der Waals surface area contributed by atoms with E-state index in [4.69, 9.17) is 0 Å². The van der Waals surface area contributed by atoms with Gasteiger partial charge in [0.05, 0.1) is 6.54 Å². The minimum Gasteiger partial charge on any atom is -0.370 e. The lowest BCUT2D eigenvalue weighted by Crippen LogP contribution is -2.49. The number of hydrogen-bond donors (Lipinski definition) is 2. The molecule has 4 rings (SSSR count). The van der Waals surface area contributed by atoms with Crippen LogP contribution in [0.4, 0.5) is 16.8 Å². The zero-order valence-electron chi connectivity index (χ0n) is 14.5. The van der Waals surface area contributed by atoms with Gasteiger partial charge in [0.25, 0.3) is 0 Å². The number of carbonyl (C=O) groups is 1. The van der Waals surface area contributed by atoms with Gasteiger partial charge >= 0.3 is 0 Å². The average Bonchev–Trinajstić information content (AvgIpc) is 3.36. The maximum absolute atomic E-state index is 12.1. The summed E-state index contributed by atoms with van der Waals surface area (Å²) in [5.41, 5.74) is 1.60. The van der Waals surface area contributed by atoms with Crippen molar-refractivity contribution in [2.45, 2.75) is 12.8 Å². The van der Waals surface area contributed by atoms with Crippen LogP contribution in [-0.4, -0.2) is 70.2 Å². The fourth-order valence-corrected chi connectivity index (χ4v) is 3.37. The maximum Gasteiger partial charge on any atom is 0.240 e. The van der Waals surface area contributed by atoms with Crippen LogP contribution in [0.25, 0.3) is 0 Å². The second-order valence-corrected chi connectivity index (χ2v) is 7.47. The average molecular weight is 374 g/mol. The molecule has 2 N–H and O–H groups in total. The van der Waals surface area contributed by atoms with Gasteiger partial charge in [0, 0.05) is 38.8 Å². The highest BCUT2D eigenvalue weighted by Gasteiger charge is 2.22.